The van der Waals surface area contributed by atoms with Crippen molar-refractivity contribution in [3.05, 3.63) is 53.8 Å². The highest BCUT2D eigenvalue weighted by Gasteiger charge is 2.33. The Bertz CT molecular complexity index is 1050. The molecule has 0 aliphatic carbocycles. The summed E-state index contributed by atoms with van der Waals surface area (Å²) < 4.78 is 57.6. The molecule has 0 saturated carbocycles. The molecule has 0 spiro atoms. The Labute approximate surface area is 180 Å². The number of piperidine rings is 1. The Morgan fingerprint density at radius 2 is 1.77 bits per heavy atom. The van der Waals surface area contributed by atoms with Crippen LogP contribution in [0, 0.1) is 11.7 Å². The molecule has 9 heteroatoms. The number of carbonyl (C=O) groups is 1. The van der Waals surface area contributed by atoms with E-state index in [1.54, 1.807) is 24.3 Å². The summed E-state index contributed by atoms with van der Waals surface area (Å²) in [6, 6.07) is 10.7. The Morgan fingerprint density at radius 1 is 1.06 bits per heavy atom. The average Bonchev–Trinajstić information content (AvgIpc) is 3.03. The molecule has 1 fully saturated rings. The molecule has 1 saturated heterocycles. The van der Waals surface area contributed by atoms with E-state index in [9.17, 15) is 17.6 Å². The fraction of sp³-hybridized carbons (Fsp3) is 0.409. The molecule has 7 nitrogen and oxygen atoms in total. The zero-order chi connectivity index (χ0) is 21.8. The molecule has 2 aromatic carbocycles. The van der Waals surface area contributed by atoms with Crippen molar-refractivity contribution < 1.29 is 31.8 Å². The van der Waals surface area contributed by atoms with Gasteiger partial charge in [0.05, 0.1) is 24.0 Å². The lowest BCUT2D eigenvalue weighted by atomic mass is 9.98. The number of fused-ring (bicyclic) bond motifs is 1. The van der Waals surface area contributed by atoms with Gasteiger partial charge in [0, 0.05) is 31.1 Å². The first-order valence-corrected chi connectivity index (χ1v) is 11.7. The number of nitrogens with zero attached hydrogens (tertiary/aromatic N) is 1. The summed E-state index contributed by atoms with van der Waals surface area (Å²) >= 11 is 0. The standard InChI is InChI=1S/C22H24FNO6S/c23-19-5-2-1-4-17(19)15-30-22(25)16-8-10-24(11-9-16)31(26,27)18-6-7-20-21(14-18)29-13-3-12-28-20/h1-2,4-7,14,16H,3,8-13,15H2. The minimum Gasteiger partial charge on any atom is -0.490 e. The maximum atomic E-state index is 13.7. The summed E-state index contributed by atoms with van der Waals surface area (Å²) in [5.41, 5.74) is 0.310. The number of esters is 1. The lowest BCUT2D eigenvalue weighted by molar-refractivity contribution is -0.151. The summed E-state index contributed by atoms with van der Waals surface area (Å²) in [5, 5.41) is 0. The van der Waals surface area contributed by atoms with E-state index in [2.05, 4.69) is 0 Å². The van der Waals surface area contributed by atoms with Gasteiger partial charge in [-0.15, -0.1) is 0 Å². The first kappa shape index (κ1) is 21.6. The fourth-order valence-electron chi connectivity index (χ4n) is 3.67. The minimum atomic E-state index is -3.72. The van der Waals surface area contributed by atoms with Crippen molar-refractivity contribution in [2.45, 2.75) is 30.8 Å². The Hall–Kier alpha value is -2.65. The van der Waals surface area contributed by atoms with Gasteiger partial charge in [-0.2, -0.15) is 4.31 Å². The van der Waals surface area contributed by atoms with Crippen LogP contribution in [0.5, 0.6) is 11.5 Å². The van der Waals surface area contributed by atoms with Crippen molar-refractivity contribution in [2.24, 2.45) is 5.92 Å². The first-order chi connectivity index (χ1) is 14.9. The fourth-order valence-corrected chi connectivity index (χ4v) is 5.15. The molecule has 2 aliphatic heterocycles. The van der Waals surface area contributed by atoms with Crippen molar-refractivity contribution in [1.82, 2.24) is 4.31 Å². The van der Waals surface area contributed by atoms with Crippen LogP contribution in [0.2, 0.25) is 0 Å². The molecule has 4 rings (SSSR count). The van der Waals surface area contributed by atoms with Crippen LogP contribution in [0.3, 0.4) is 0 Å². The number of hydrogen-bond donors (Lipinski definition) is 0. The molecule has 166 valence electrons. The van der Waals surface area contributed by atoms with Crippen LogP contribution >= 0.6 is 0 Å². The van der Waals surface area contributed by atoms with E-state index >= 15 is 0 Å². The Balaban J connectivity index is 1.36. The van der Waals surface area contributed by atoms with E-state index < -0.39 is 27.7 Å². The summed E-state index contributed by atoms with van der Waals surface area (Å²) in [4.78, 5) is 12.5. The summed E-state index contributed by atoms with van der Waals surface area (Å²) in [6.07, 6.45) is 1.43. The maximum Gasteiger partial charge on any atom is 0.309 e. The SMILES string of the molecule is O=C(OCc1ccccc1F)C1CCN(S(=O)(=O)c2ccc3c(c2)OCCCO3)CC1. The number of carbonyl (C=O) groups excluding carboxylic acids is 1. The summed E-state index contributed by atoms with van der Waals surface area (Å²) in [6.45, 7) is 1.27. The third-order valence-corrected chi connectivity index (χ3v) is 7.37. The molecule has 2 aliphatic rings. The van der Waals surface area contributed by atoms with Gasteiger partial charge in [-0.25, -0.2) is 12.8 Å². The molecular formula is C22H24FNO6S. The van der Waals surface area contributed by atoms with Gasteiger partial charge in [-0.05, 0) is 31.0 Å². The molecule has 0 unspecified atom stereocenters. The molecule has 0 N–H and O–H groups in total. The van der Waals surface area contributed by atoms with Crippen LogP contribution < -0.4 is 9.47 Å². The number of sulfonamides is 1. The minimum absolute atomic E-state index is 0.136. The van der Waals surface area contributed by atoms with Crippen molar-refractivity contribution in [2.75, 3.05) is 26.3 Å². The summed E-state index contributed by atoms with van der Waals surface area (Å²) in [7, 11) is -3.72. The van der Waals surface area contributed by atoms with E-state index in [0.717, 1.165) is 6.42 Å². The monoisotopic (exact) mass is 449 g/mol. The van der Waals surface area contributed by atoms with Gasteiger partial charge in [0.2, 0.25) is 10.0 Å². The molecule has 0 amide bonds. The Morgan fingerprint density at radius 3 is 2.52 bits per heavy atom. The number of ether oxygens (including phenoxy) is 3. The van der Waals surface area contributed by atoms with Gasteiger partial charge in [0.1, 0.15) is 12.4 Å². The van der Waals surface area contributed by atoms with Crippen LogP contribution in [-0.2, 0) is 26.2 Å². The molecular weight excluding hydrogens is 425 g/mol. The highest BCUT2D eigenvalue weighted by Crippen LogP contribution is 2.34. The van der Waals surface area contributed by atoms with Gasteiger partial charge in [0.25, 0.3) is 0 Å². The van der Waals surface area contributed by atoms with Crippen molar-refractivity contribution in [3.63, 3.8) is 0 Å². The van der Waals surface area contributed by atoms with E-state index in [1.807, 2.05) is 0 Å². The van der Waals surface area contributed by atoms with Crippen molar-refractivity contribution in [1.29, 1.82) is 0 Å². The quantitative estimate of drug-likeness (QED) is 0.653. The molecule has 0 aromatic heterocycles. The third-order valence-electron chi connectivity index (χ3n) is 5.47. The van der Waals surface area contributed by atoms with Crippen LogP contribution in [0.25, 0.3) is 0 Å². The van der Waals surface area contributed by atoms with Gasteiger partial charge in [-0.1, -0.05) is 18.2 Å². The number of hydrogen-bond acceptors (Lipinski definition) is 6. The van der Waals surface area contributed by atoms with Crippen LogP contribution in [-0.4, -0.2) is 45.0 Å². The zero-order valence-electron chi connectivity index (χ0n) is 17.0. The first-order valence-electron chi connectivity index (χ1n) is 10.2. The topological polar surface area (TPSA) is 82.1 Å². The second-order valence-electron chi connectivity index (χ2n) is 7.54. The molecule has 0 radical (unpaired) electrons. The normalized spacial score (nSPS) is 17.7. The lowest BCUT2D eigenvalue weighted by Gasteiger charge is -2.30. The predicted octanol–water partition coefficient (Wildman–Crippen LogP) is 3.13. The van der Waals surface area contributed by atoms with Gasteiger partial charge < -0.3 is 14.2 Å². The average molecular weight is 450 g/mol. The third kappa shape index (κ3) is 4.83. The zero-order valence-corrected chi connectivity index (χ0v) is 17.8. The van der Waals surface area contributed by atoms with E-state index in [4.69, 9.17) is 14.2 Å². The highest BCUT2D eigenvalue weighted by atomic mass is 32.2. The number of rotatable bonds is 5. The predicted molar refractivity (Wildman–Crippen MR) is 110 cm³/mol. The molecule has 31 heavy (non-hydrogen) atoms. The largest absolute Gasteiger partial charge is 0.490 e. The second-order valence-corrected chi connectivity index (χ2v) is 9.47. The molecule has 2 aromatic rings. The molecule has 0 atom stereocenters. The lowest BCUT2D eigenvalue weighted by Crippen LogP contribution is -2.40. The summed E-state index contributed by atoms with van der Waals surface area (Å²) in [5.74, 6) is -0.317. The molecule has 2 heterocycles. The van der Waals surface area contributed by atoms with Crippen molar-refractivity contribution >= 4 is 16.0 Å². The molecule has 0 bridgehead atoms. The van der Waals surface area contributed by atoms with Gasteiger partial charge in [-0.3, -0.25) is 4.79 Å². The van der Waals surface area contributed by atoms with E-state index in [0.29, 0.717) is 43.1 Å². The smallest absolute Gasteiger partial charge is 0.309 e. The highest BCUT2D eigenvalue weighted by molar-refractivity contribution is 7.89. The van der Waals surface area contributed by atoms with Gasteiger partial charge in [0.15, 0.2) is 11.5 Å². The van der Waals surface area contributed by atoms with E-state index in [1.165, 1.54) is 22.5 Å². The van der Waals surface area contributed by atoms with E-state index in [-0.39, 0.29) is 24.6 Å². The number of benzene rings is 2. The van der Waals surface area contributed by atoms with Crippen LogP contribution in [0.4, 0.5) is 4.39 Å². The van der Waals surface area contributed by atoms with Crippen LogP contribution in [0.15, 0.2) is 47.4 Å². The van der Waals surface area contributed by atoms with Crippen molar-refractivity contribution in [3.8, 4) is 11.5 Å². The maximum absolute atomic E-state index is 13.7. The number of halogens is 1. The second kappa shape index (κ2) is 9.23. The van der Waals surface area contributed by atoms with Crippen LogP contribution in [0.1, 0.15) is 24.8 Å². The Kier molecular flexibility index (Phi) is 6.43. The van der Waals surface area contributed by atoms with Gasteiger partial charge >= 0.3 is 5.97 Å².